The fraction of sp³-hybridized carbons (Fsp3) is 0.640. The molecule has 1 aromatic rings. The van der Waals surface area contributed by atoms with E-state index in [2.05, 4.69) is 47.6 Å². The van der Waals surface area contributed by atoms with Gasteiger partial charge in [-0.05, 0) is 25.6 Å². The molecule has 1 aromatic heterocycles. The van der Waals surface area contributed by atoms with Crippen LogP contribution in [0.5, 0.6) is 0 Å². The Bertz CT molecular complexity index is 942. The molecule has 1 fully saturated rings. The van der Waals surface area contributed by atoms with Crippen molar-refractivity contribution in [2.24, 2.45) is 0 Å². The Morgan fingerprint density at radius 3 is 2.43 bits per heavy atom. The van der Waals surface area contributed by atoms with Gasteiger partial charge >= 0.3 is 6.18 Å². The molecule has 0 bridgehead atoms. The molecule has 2 aliphatic rings. The zero-order valence-corrected chi connectivity index (χ0v) is 23.1. The highest BCUT2D eigenvalue weighted by molar-refractivity contribution is 6.76. The van der Waals surface area contributed by atoms with Gasteiger partial charge in [-0.3, -0.25) is 4.79 Å². The lowest BCUT2D eigenvalue weighted by Crippen LogP contribution is -2.48. The van der Waals surface area contributed by atoms with Gasteiger partial charge in [0.1, 0.15) is 6.61 Å². The van der Waals surface area contributed by atoms with Crippen molar-refractivity contribution in [1.29, 1.82) is 0 Å². The number of rotatable bonds is 11. The quantitative estimate of drug-likeness (QED) is 0.181. The van der Waals surface area contributed by atoms with Gasteiger partial charge in [0.25, 0.3) is 0 Å². The van der Waals surface area contributed by atoms with Gasteiger partial charge in [0, 0.05) is 59.3 Å². The molecule has 206 valence electrons. The van der Waals surface area contributed by atoms with E-state index in [4.69, 9.17) is 9.47 Å². The van der Waals surface area contributed by atoms with Crippen LogP contribution < -0.4 is 4.90 Å². The van der Waals surface area contributed by atoms with E-state index in [-0.39, 0.29) is 11.9 Å². The Kier molecular flexibility index (Phi) is 9.99. The highest BCUT2D eigenvalue weighted by atomic mass is 28.3. The molecular formula is C25H38F3N5O3Si. The second-order valence-electron chi connectivity index (χ2n) is 10.7. The van der Waals surface area contributed by atoms with Gasteiger partial charge in [-0.2, -0.15) is 13.2 Å². The maximum absolute atomic E-state index is 12.7. The monoisotopic (exact) mass is 541 g/mol. The molecule has 0 radical (unpaired) electrons. The normalized spacial score (nSPS) is 19.1. The van der Waals surface area contributed by atoms with Gasteiger partial charge in [-0.15, -0.1) is 0 Å². The molecule has 0 spiro atoms. The van der Waals surface area contributed by atoms with E-state index in [0.29, 0.717) is 52.0 Å². The van der Waals surface area contributed by atoms with E-state index in [9.17, 15) is 18.0 Å². The number of halogens is 3. The maximum atomic E-state index is 12.7. The summed E-state index contributed by atoms with van der Waals surface area (Å²) in [6, 6.07) is 1.48. The molecule has 12 heteroatoms. The smallest absolute Gasteiger partial charge is 0.419 e. The third kappa shape index (κ3) is 9.33. The Hall–Kier alpha value is -2.60. The van der Waals surface area contributed by atoms with Crippen molar-refractivity contribution in [3.05, 3.63) is 42.1 Å². The topological polar surface area (TPSA) is 71.0 Å². The predicted octanol–water partition coefficient (Wildman–Crippen LogP) is 4.01. The van der Waals surface area contributed by atoms with Gasteiger partial charge in [0.2, 0.25) is 11.9 Å². The minimum Gasteiger partial charge on any atom is -0.499 e. The molecule has 8 nitrogen and oxygen atoms in total. The number of aromatic nitrogens is 2. The molecule has 37 heavy (non-hydrogen) atoms. The van der Waals surface area contributed by atoms with Crippen LogP contribution in [0.15, 0.2) is 36.5 Å². The molecule has 0 saturated carbocycles. The lowest BCUT2D eigenvalue weighted by molar-refractivity contribution is -0.138. The number of piperazine rings is 1. The van der Waals surface area contributed by atoms with Crippen LogP contribution in [0.2, 0.25) is 25.7 Å². The fourth-order valence-electron chi connectivity index (χ4n) is 4.13. The molecule has 0 aromatic carbocycles. The highest BCUT2D eigenvalue weighted by Crippen LogP contribution is 2.28. The number of hydrogen-bond acceptors (Lipinski definition) is 7. The van der Waals surface area contributed by atoms with Crippen molar-refractivity contribution in [2.45, 2.75) is 51.2 Å². The highest BCUT2D eigenvalue weighted by Gasteiger charge is 2.32. The van der Waals surface area contributed by atoms with Crippen molar-refractivity contribution in [3.63, 3.8) is 0 Å². The van der Waals surface area contributed by atoms with Crippen LogP contribution in [-0.4, -0.2) is 92.3 Å². The number of amides is 1. The van der Waals surface area contributed by atoms with Crippen LogP contribution in [-0.2, 0) is 20.4 Å². The minimum atomic E-state index is -4.47. The minimum absolute atomic E-state index is 0.168. The Balaban J connectivity index is 1.34. The van der Waals surface area contributed by atoms with Crippen molar-refractivity contribution >= 4 is 19.9 Å². The zero-order chi connectivity index (χ0) is 27.1. The number of nitrogens with zero attached hydrogens (tertiary/aromatic N) is 5. The molecule has 1 amide bonds. The average Bonchev–Trinajstić information content (AvgIpc) is 3.19. The number of hydrogen-bond donors (Lipinski definition) is 0. The van der Waals surface area contributed by atoms with Gasteiger partial charge in [-0.25, -0.2) is 9.97 Å². The van der Waals surface area contributed by atoms with Crippen LogP contribution in [0.3, 0.4) is 0 Å². The molecule has 3 heterocycles. The van der Waals surface area contributed by atoms with Crippen LogP contribution in [0.25, 0.3) is 0 Å². The number of anilines is 1. The van der Waals surface area contributed by atoms with Gasteiger partial charge in [-0.1, -0.05) is 25.2 Å². The first-order chi connectivity index (χ1) is 17.4. The summed E-state index contributed by atoms with van der Waals surface area (Å²) in [5, 5.41) is 0. The van der Waals surface area contributed by atoms with Gasteiger partial charge in [0.15, 0.2) is 0 Å². The third-order valence-electron chi connectivity index (χ3n) is 6.33. The largest absolute Gasteiger partial charge is 0.499 e. The first-order valence-corrected chi connectivity index (χ1v) is 16.3. The van der Waals surface area contributed by atoms with E-state index < -0.39 is 19.8 Å². The molecule has 1 atom stereocenters. The summed E-state index contributed by atoms with van der Waals surface area (Å²) in [4.78, 5) is 25.8. The summed E-state index contributed by atoms with van der Waals surface area (Å²) >= 11 is 0. The average molecular weight is 542 g/mol. The van der Waals surface area contributed by atoms with Crippen molar-refractivity contribution in [3.8, 4) is 0 Å². The Morgan fingerprint density at radius 1 is 1.14 bits per heavy atom. The Labute approximate surface area is 218 Å². The van der Waals surface area contributed by atoms with Crippen LogP contribution >= 0.6 is 0 Å². The van der Waals surface area contributed by atoms with Crippen molar-refractivity contribution in [1.82, 2.24) is 19.8 Å². The lowest BCUT2D eigenvalue weighted by Gasteiger charge is -2.34. The van der Waals surface area contributed by atoms with Crippen molar-refractivity contribution < 1.29 is 27.4 Å². The van der Waals surface area contributed by atoms with E-state index in [1.54, 1.807) is 9.80 Å². The summed E-state index contributed by atoms with van der Waals surface area (Å²) in [6.07, 6.45) is 3.08. The van der Waals surface area contributed by atoms with E-state index in [0.717, 1.165) is 31.5 Å². The summed E-state index contributed by atoms with van der Waals surface area (Å²) in [5.74, 6) is 0.0588. The van der Waals surface area contributed by atoms with Gasteiger partial charge in [0.05, 0.1) is 31.0 Å². The standard InChI is InChI=1S/C25H38F3N5O3Si/c1-20-15-22(19-36-13-14-37(2,3)4)33(18-20)10-12-35-11-5-23(34)31-6-8-32(9-7-31)24-29-16-21(17-30-24)25(26,27)28/h5,11,16-18,22H,6-10,12-15,19H2,1-4H3. The molecule has 0 N–H and O–H groups in total. The SMILES string of the molecule is CC1=CN(CCOC=CC(=O)N2CCN(c3ncc(C(F)(F)F)cn3)CC2)C(COCC[Si](C)(C)C)C1. The molecule has 0 aliphatic carbocycles. The molecular weight excluding hydrogens is 503 g/mol. The number of carbonyl (C=O) groups excluding carboxylic acids is 1. The van der Waals surface area contributed by atoms with Crippen LogP contribution in [0.1, 0.15) is 18.9 Å². The van der Waals surface area contributed by atoms with Crippen LogP contribution in [0, 0.1) is 0 Å². The van der Waals surface area contributed by atoms with E-state index in [1.165, 1.54) is 17.9 Å². The molecule has 2 aliphatic heterocycles. The third-order valence-corrected chi connectivity index (χ3v) is 8.04. The summed E-state index contributed by atoms with van der Waals surface area (Å²) in [7, 11) is -1.10. The fourth-order valence-corrected chi connectivity index (χ4v) is 4.88. The molecule has 1 saturated heterocycles. The maximum Gasteiger partial charge on any atom is 0.419 e. The van der Waals surface area contributed by atoms with Crippen LogP contribution in [0.4, 0.5) is 19.1 Å². The first-order valence-electron chi connectivity index (χ1n) is 12.6. The van der Waals surface area contributed by atoms with E-state index >= 15 is 0 Å². The number of ether oxygens (including phenoxy) is 2. The molecule has 1 unspecified atom stereocenters. The zero-order valence-electron chi connectivity index (χ0n) is 22.1. The number of carbonyl (C=O) groups is 1. The predicted molar refractivity (Wildman–Crippen MR) is 139 cm³/mol. The second-order valence-corrected chi connectivity index (χ2v) is 16.3. The van der Waals surface area contributed by atoms with Gasteiger partial charge < -0.3 is 24.2 Å². The number of alkyl halides is 3. The summed E-state index contributed by atoms with van der Waals surface area (Å²) < 4.78 is 49.6. The first kappa shape index (κ1) is 29.0. The Morgan fingerprint density at radius 2 is 1.81 bits per heavy atom. The summed E-state index contributed by atoms with van der Waals surface area (Å²) in [5.41, 5.74) is 0.442. The van der Waals surface area contributed by atoms with Crippen molar-refractivity contribution in [2.75, 3.05) is 57.4 Å². The lowest BCUT2D eigenvalue weighted by atomic mass is 10.2. The molecule has 3 rings (SSSR count). The summed E-state index contributed by atoms with van der Waals surface area (Å²) in [6.45, 7) is 13.6. The second kappa shape index (κ2) is 12.8. The van der Waals surface area contributed by atoms with E-state index in [1.807, 2.05) is 0 Å².